The summed E-state index contributed by atoms with van der Waals surface area (Å²) in [5, 5.41) is 2.94. The first-order valence-corrected chi connectivity index (χ1v) is 7.89. The molecular weight excluding hydrogens is 262 g/mol. The quantitative estimate of drug-likeness (QED) is 0.869. The van der Waals surface area contributed by atoms with Crippen LogP contribution in [0.3, 0.4) is 0 Å². The molecule has 21 heavy (non-hydrogen) atoms. The van der Waals surface area contributed by atoms with Crippen molar-refractivity contribution < 1.29 is 4.79 Å². The zero-order valence-electron chi connectivity index (χ0n) is 13.3. The van der Waals surface area contributed by atoms with Crippen LogP contribution in [-0.2, 0) is 6.54 Å². The van der Waals surface area contributed by atoms with Crippen LogP contribution in [0.5, 0.6) is 0 Å². The molecule has 1 fully saturated rings. The highest BCUT2D eigenvalue weighted by Gasteiger charge is 2.11. The molecule has 2 rings (SSSR count). The van der Waals surface area contributed by atoms with Crippen molar-refractivity contribution in [3.05, 3.63) is 35.4 Å². The number of piperidine rings is 1. The van der Waals surface area contributed by atoms with Crippen LogP contribution in [0.2, 0.25) is 0 Å². The van der Waals surface area contributed by atoms with Crippen molar-refractivity contribution in [1.82, 2.24) is 15.1 Å². The van der Waals surface area contributed by atoms with E-state index in [1.165, 1.54) is 37.9 Å². The van der Waals surface area contributed by atoms with Gasteiger partial charge in [-0.1, -0.05) is 18.6 Å². The molecule has 0 atom stereocenters. The molecule has 116 valence electrons. The van der Waals surface area contributed by atoms with Crippen LogP contribution in [-0.4, -0.2) is 56.0 Å². The van der Waals surface area contributed by atoms with E-state index < -0.39 is 0 Å². The average Bonchev–Trinajstić information content (AvgIpc) is 2.48. The molecule has 0 aromatic heterocycles. The van der Waals surface area contributed by atoms with E-state index >= 15 is 0 Å². The fourth-order valence-electron chi connectivity index (χ4n) is 2.63. The molecule has 1 saturated heterocycles. The first-order valence-electron chi connectivity index (χ1n) is 7.89. The zero-order chi connectivity index (χ0) is 15.1. The summed E-state index contributed by atoms with van der Waals surface area (Å²) in [6.07, 6.45) is 3.99. The summed E-state index contributed by atoms with van der Waals surface area (Å²) in [6, 6.07) is 8.03. The SMILES string of the molecule is CN(C)CCNC(=O)c1ccc(CN2CCCCC2)cc1. The highest BCUT2D eigenvalue weighted by molar-refractivity contribution is 5.94. The molecule has 4 nitrogen and oxygen atoms in total. The van der Waals surface area contributed by atoms with Crippen molar-refractivity contribution in [3.63, 3.8) is 0 Å². The first-order chi connectivity index (χ1) is 10.1. The number of hydrogen-bond donors (Lipinski definition) is 1. The molecule has 1 N–H and O–H groups in total. The topological polar surface area (TPSA) is 35.6 Å². The lowest BCUT2D eigenvalue weighted by Gasteiger charge is -2.26. The van der Waals surface area contributed by atoms with Gasteiger partial charge in [-0.05, 0) is 57.7 Å². The molecule has 1 heterocycles. The van der Waals surface area contributed by atoms with Crippen molar-refractivity contribution in [3.8, 4) is 0 Å². The van der Waals surface area contributed by atoms with Gasteiger partial charge in [-0.25, -0.2) is 0 Å². The Labute approximate surface area is 128 Å². The highest BCUT2D eigenvalue weighted by Crippen LogP contribution is 2.13. The van der Waals surface area contributed by atoms with Gasteiger partial charge >= 0.3 is 0 Å². The fraction of sp³-hybridized carbons (Fsp3) is 0.588. The molecule has 0 unspecified atom stereocenters. The van der Waals surface area contributed by atoms with Crippen LogP contribution >= 0.6 is 0 Å². The molecule has 0 radical (unpaired) electrons. The van der Waals surface area contributed by atoms with Crippen LogP contribution in [0.25, 0.3) is 0 Å². The minimum atomic E-state index is 0.0152. The summed E-state index contributed by atoms with van der Waals surface area (Å²) in [4.78, 5) is 16.5. The summed E-state index contributed by atoms with van der Waals surface area (Å²) in [5.41, 5.74) is 2.04. The Morgan fingerprint density at radius 3 is 2.43 bits per heavy atom. The van der Waals surface area contributed by atoms with Crippen LogP contribution in [0, 0.1) is 0 Å². The van der Waals surface area contributed by atoms with E-state index in [0.717, 1.165) is 18.7 Å². The van der Waals surface area contributed by atoms with Crippen LogP contribution in [0.15, 0.2) is 24.3 Å². The van der Waals surface area contributed by atoms with Crippen molar-refractivity contribution in [2.75, 3.05) is 40.3 Å². The van der Waals surface area contributed by atoms with Crippen molar-refractivity contribution >= 4 is 5.91 Å². The predicted octanol–water partition coefficient (Wildman–Crippen LogP) is 1.96. The number of likely N-dealkylation sites (N-methyl/N-ethyl adjacent to an activating group) is 1. The standard InChI is InChI=1S/C17H27N3O/c1-19(2)13-10-18-17(21)16-8-6-15(7-9-16)14-20-11-4-3-5-12-20/h6-9H,3-5,10-14H2,1-2H3,(H,18,21). The number of nitrogens with zero attached hydrogens (tertiary/aromatic N) is 2. The maximum Gasteiger partial charge on any atom is 0.251 e. The number of likely N-dealkylation sites (tertiary alicyclic amines) is 1. The van der Waals surface area contributed by atoms with Gasteiger partial charge in [0.1, 0.15) is 0 Å². The number of rotatable bonds is 6. The molecule has 1 aliphatic heterocycles. The third-order valence-electron chi connectivity index (χ3n) is 3.92. The Bertz CT molecular complexity index is 436. The second-order valence-corrected chi connectivity index (χ2v) is 6.09. The van der Waals surface area contributed by atoms with Crippen LogP contribution < -0.4 is 5.32 Å². The van der Waals surface area contributed by atoms with E-state index in [-0.39, 0.29) is 5.91 Å². The number of amides is 1. The van der Waals surface area contributed by atoms with Crippen molar-refractivity contribution in [2.24, 2.45) is 0 Å². The number of carbonyl (C=O) groups is 1. The Morgan fingerprint density at radius 2 is 1.81 bits per heavy atom. The minimum absolute atomic E-state index is 0.0152. The summed E-state index contributed by atoms with van der Waals surface area (Å²) in [6.45, 7) is 4.95. The number of carbonyl (C=O) groups excluding carboxylic acids is 1. The third kappa shape index (κ3) is 5.48. The normalized spacial score (nSPS) is 16.1. The monoisotopic (exact) mass is 289 g/mol. The molecule has 1 aliphatic rings. The summed E-state index contributed by atoms with van der Waals surface area (Å²) >= 11 is 0. The lowest BCUT2D eigenvalue weighted by molar-refractivity contribution is 0.0951. The summed E-state index contributed by atoms with van der Waals surface area (Å²) < 4.78 is 0. The molecule has 1 aromatic carbocycles. The second kappa shape index (κ2) is 8.15. The Morgan fingerprint density at radius 1 is 1.14 bits per heavy atom. The lowest BCUT2D eigenvalue weighted by atomic mass is 10.1. The maximum absolute atomic E-state index is 12.0. The molecule has 0 bridgehead atoms. The van der Waals surface area contributed by atoms with Gasteiger partial charge in [0.25, 0.3) is 5.91 Å². The largest absolute Gasteiger partial charge is 0.351 e. The van der Waals surface area contributed by atoms with Gasteiger partial charge in [0, 0.05) is 25.2 Å². The van der Waals surface area contributed by atoms with E-state index in [9.17, 15) is 4.79 Å². The van der Waals surface area contributed by atoms with Gasteiger partial charge in [-0.15, -0.1) is 0 Å². The van der Waals surface area contributed by atoms with E-state index in [1.54, 1.807) is 0 Å². The van der Waals surface area contributed by atoms with Crippen LogP contribution in [0.1, 0.15) is 35.2 Å². The molecular formula is C17H27N3O. The molecule has 4 heteroatoms. The Balaban J connectivity index is 1.81. The minimum Gasteiger partial charge on any atom is -0.351 e. The molecule has 0 saturated carbocycles. The zero-order valence-corrected chi connectivity index (χ0v) is 13.3. The molecule has 1 amide bonds. The van der Waals surface area contributed by atoms with Crippen molar-refractivity contribution in [2.45, 2.75) is 25.8 Å². The fourth-order valence-corrected chi connectivity index (χ4v) is 2.63. The smallest absolute Gasteiger partial charge is 0.251 e. The maximum atomic E-state index is 12.0. The number of nitrogens with one attached hydrogen (secondary N) is 1. The van der Waals surface area contributed by atoms with Crippen LogP contribution in [0.4, 0.5) is 0 Å². The van der Waals surface area contributed by atoms with E-state index in [1.807, 2.05) is 26.2 Å². The van der Waals surface area contributed by atoms with Gasteiger partial charge in [-0.2, -0.15) is 0 Å². The number of hydrogen-bond acceptors (Lipinski definition) is 3. The third-order valence-corrected chi connectivity index (χ3v) is 3.92. The Hall–Kier alpha value is -1.39. The van der Waals surface area contributed by atoms with Gasteiger partial charge in [0.2, 0.25) is 0 Å². The predicted molar refractivity (Wildman–Crippen MR) is 86.5 cm³/mol. The molecule has 1 aromatic rings. The Kier molecular flexibility index (Phi) is 6.21. The van der Waals surface area contributed by atoms with Gasteiger partial charge in [0.05, 0.1) is 0 Å². The van der Waals surface area contributed by atoms with Gasteiger partial charge < -0.3 is 10.2 Å². The van der Waals surface area contributed by atoms with Gasteiger partial charge in [0.15, 0.2) is 0 Å². The number of benzene rings is 1. The van der Waals surface area contributed by atoms with E-state index in [4.69, 9.17) is 0 Å². The average molecular weight is 289 g/mol. The first kappa shape index (κ1) is 16.0. The molecule has 0 spiro atoms. The highest BCUT2D eigenvalue weighted by atomic mass is 16.1. The van der Waals surface area contributed by atoms with Crippen molar-refractivity contribution in [1.29, 1.82) is 0 Å². The lowest BCUT2D eigenvalue weighted by Crippen LogP contribution is -2.31. The van der Waals surface area contributed by atoms with E-state index in [2.05, 4.69) is 27.2 Å². The van der Waals surface area contributed by atoms with E-state index in [0.29, 0.717) is 6.54 Å². The summed E-state index contributed by atoms with van der Waals surface area (Å²) in [7, 11) is 4.00. The second-order valence-electron chi connectivity index (χ2n) is 6.09. The molecule has 0 aliphatic carbocycles. The summed E-state index contributed by atoms with van der Waals surface area (Å²) in [5.74, 6) is 0.0152. The van der Waals surface area contributed by atoms with Gasteiger partial charge in [-0.3, -0.25) is 9.69 Å².